The van der Waals surface area contributed by atoms with Crippen molar-refractivity contribution in [3.8, 4) is 6.07 Å². The van der Waals surface area contributed by atoms with Crippen LogP contribution in [0.15, 0.2) is 60.7 Å². The average Bonchev–Trinajstić information content (AvgIpc) is 2.72. The van der Waals surface area contributed by atoms with Gasteiger partial charge in [-0.15, -0.1) is 0 Å². The van der Waals surface area contributed by atoms with Crippen LogP contribution in [0.4, 0.5) is 0 Å². The van der Waals surface area contributed by atoms with Crippen LogP contribution in [0.1, 0.15) is 49.1 Å². The van der Waals surface area contributed by atoms with Gasteiger partial charge >= 0.3 is 0 Å². The Morgan fingerprint density at radius 2 is 1.41 bits per heavy atom. The highest BCUT2D eigenvalue weighted by molar-refractivity contribution is 5.40. The Kier molecular flexibility index (Phi) is 3.92. The minimum absolute atomic E-state index is 0.0226. The zero-order valence-electron chi connectivity index (χ0n) is 16.0. The molecule has 0 spiro atoms. The summed E-state index contributed by atoms with van der Waals surface area (Å²) in [5, 5.41) is 10.7. The molecule has 0 N–H and O–H groups in total. The molecule has 0 aromatic heterocycles. The first-order valence-corrected chi connectivity index (χ1v) is 10.3. The standard InChI is InChI=1S/C25H27NO/c1-27-24-14-18-12-21(15-24)25(17-26,22(13-18)16-24)23(19-8-4-2-5-9-19)20-10-6-3-7-11-20/h2-11,18,21-23H,12-16H2,1H3. The Labute approximate surface area is 162 Å². The zero-order valence-corrected chi connectivity index (χ0v) is 16.0. The Morgan fingerprint density at radius 3 is 1.85 bits per heavy atom. The molecule has 4 aliphatic rings. The Hall–Kier alpha value is -2.11. The molecular weight excluding hydrogens is 330 g/mol. The van der Waals surface area contributed by atoms with Crippen molar-refractivity contribution < 1.29 is 4.74 Å². The van der Waals surface area contributed by atoms with Crippen molar-refractivity contribution >= 4 is 0 Å². The van der Waals surface area contributed by atoms with E-state index in [4.69, 9.17) is 4.74 Å². The molecule has 27 heavy (non-hydrogen) atoms. The topological polar surface area (TPSA) is 33.0 Å². The molecular formula is C25H27NO. The van der Waals surface area contributed by atoms with Gasteiger partial charge in [0.2, 0.25) is 0 Å². The number of nitrogens with zero attached hydrogens (tertiary/aromatic N) is 1. The van der Waals surface area contributed by atoms with Crippen LogP contribution in [0, 0.1) is 34.5 Å². The summed E-state index contributed by atoms with van der Waals surface area (Å²) < 4.78 is 6.07. The van der Waals surface area contributed by atoms with Crippen LogP contribution in [0.2, 0.25) is 0 Å². The van der Waals surface area contributed by atoms with Crippen molar-refractivity contribution in [3.05, 3.63) is 71.8 Å². The van der Waals surface area contributed by atoms with Gasteiger partial charge in [-0.05, 0) is 61.0 Å². The summed E-state index contributed by atoms with van der Waals surface area (Å²) >= 11 is 0. The fourth-order valence-electron chi connectivity index (χ4n) is 6.97. The highest BCUT2D eigenvalue weighted by atomic mass is 16.5. The number of rotatable bonds is 4. The fraction of sp³-hybridized carbons (Fsp3) is 0.480. The third-order valence-corrected chi connectivity index (χ3v) is 7.85. The second-order valence-corrected chi connectivity index (χ2v) is 9.03. The normalized spacial score (nSPS) is 36.7. The molecule has 2 aromatic rings. The van der Waals surface area contributed by atoms with Gasteiger partial charge in [-0.25, -0.2) is 0 Å². The molecule has 138 valence electrons. The van der Waals surface area contributed by atoms with E-state index in [0.29, 0.717) is 11.8 Å². The lowest BCUT2D eigenvalue weighted by Crippen LogP contribution is -2.61. The fourth-order valence-corrected chi connectivity index (χ4v) is 6.97. The van der Waals surface area contributed by atoms with Crippen molar-refractivity contribution in [2.45, 2.75) is 43.6 Å². The first kappa shape index (κ1) is 17.0. The zero-order chi connectivity index (χ0) is 18.5. The van der Waals surface area contributed by atoms with E-state index in [1.807, 2.05) is 7.11 Å². The molecule has 0 heterocycles. The monoisotopic (exact) mass is 357 g/mol. The lowest BCUT2D eigenvalue weighted by atomic mass is 9.40. The van der Waals surface area contributed by atoms with E-state index in [1.165, 1.54) is 30.4 Å². The Morgan fingerprint density at radius 1 is 0.889 bits per heavy atom. The number of hydrogen-bond acceptors (Lipinski definition) is 2. The lowest BCUT2D eigenvalue weighted by Gasteiger charge is -2.64. The van der Waals surface area contributed by atoms with Crippen molar-refractivity contribution in [1.29, 1.82) is 5.26 Å². The van der Waals surface area contributed by atoms with Crippen molar-refractivity contribution in [2.24, 2.45) is 23.2 Å². The third-order valence-electron chi connectivity index (χ3n) is 7.85. The number of hydrogen-bond donors (Lipinski definition) is 0. The molecule has 0 radical (unpaired) electrons. The molecule has 2 heteroatoms. The molecule has 4 saturated carbocycles. The summed E-state index contributed by atoms with van der Waals surface area (Å²) in [5.74, 6) is 1.70. The SMILES string of the molecule is COC12CC3CC(C1)C(C#N)(C(c1ccccc1)c1ccccc1)C(C3)C2. The van der Waals surface area contributed by atoms with Gasteiger partial charge in [0, 0.05) is 13.0 Å². The predicted molar refractivity (Wildman–Crippen MR) is 106 cm³/mol. The molecule has 0 aliphatic heterocycles. The number of ether oxygens (including phenoxy) is 1. The summed E-state index contributed by atoms with van der Waals surface area (Å²) in [5.41, 5.74) is 2.25. The molecule has 4 aliphatic carbocycles. The minimum Gasteiger partial charge on any atom is -0.378 e. The molecule has 2 unspecified atom stereocenters. The summed E-state index contributed by atoms with van der Waals surface area (Å²) in [6.45, 7) is 0. The van der Waals surface area contributed by atoms with Gasteiger partial charge in [0.25, 0.3) is 0 Å². The van der Waals surface area contributed by atoms with Gasteiger partial charge in [-0.3, -0.25) is 0 Å². The van der Waals surface area contributed by atoms with Crippen molar-refractivity contribution in [1.82, 2.24) is 0 Å². The molecule has 0 amide bonds. The summed E-state index contributed by atoms with van der Waals surface area (Å²) in [7, 11) is 1.88. The van der Waals surface area contributed by atoms with Crippen LogP contribution < -0.4 is 0 Å². The molecule has 2 aromatic carbocycles. The summed E-state index contributed by atoms with van der Waals surface area (Å²) in [6, 6.07) is 24.4. The quantitative estimate of drug-likeness (QED) is 0.718. The summed E-state index contributed by atoms with van der Waals surface area (Å²) in [6.07, 6.45) is 5.65. The van der Waals surface area contributed by atoms with Crippen LogP contribution in [0.25, 0.3) is 0 Å². The maximum atomic E-state index is 10.7. The first-order valence-electron chi connectivity index (χ1n) is 10.3. The van der Waals surface area contributed by atoms with E-state index in [-0.39, 0.29) is 16.9 Å². The van der Waals surface area contributed by atoms with Crippen LogP contribution in [-0.4, -0.2) is 12.7 Å². The van der Waals surface area contributed by atoms with Gasteiger partial charge in [0.15, 0.2) is 0 Å². The summed E-state index contributed by atoms with van der Waals surface area (Å²) in [4.78, 5) is 0. The Bertz CT molecular complexity index is 797. The van der Waals surface area contributed by atoms with Gasteiger partial charge in [0.1, 0.15) is 0 Å². The highest BCUT2D eigenvalue weighted by Gasteiger charge is 2.65. The largest absolute Gasteiger partial charge is 0.378 e. The van der Waals surface area contributed by atoms with Crippen LogP contribution in [0.5, 0.6) is 0 Å². The van der Waals surface area contributed by atoms with Crippen molar-refractivity contribution in [3.63, 3.8) is 0 Å². The number of nitriles is 1. The predicted octanol–water partition coefficient (Wildman–Crippen LogP) is 5.55. The number of benzene rings is 2. The second-order valence-electron chi connectivity index (χ2n) is 9.03. The van der Waals surface area contributed by atoms with Gasteiger partial charge in [0.05, 0.1) is 17.1 Å². The molecule has 2 nitrogen and oxygen atoms in total. The Balaban J connectivity index is 1.68. The first-order chi connectivity index (χ1) is 13.2. The molecule has 4 bridgehead atoms. The van der Waals surface area contributed by atoms with Crippen LogP contribution in [0.3, 0.4) is 0 Å². The van der Waals surface area contributed by atoms with Gasteiger partial charge < -0.3 is 4.74 Å². The third kappa shape index (κ3) is 2.41. The maximum Gasteiger partial charge on any atom is 0.0741 e. The molecule has 2 atom stereocenters. The van der Waals surface area contributed by atoms with Gasteiger partial charge in [-0.1, -0.05) is 60.7 Å². The number of methoxy groups -OCH3 is 1. The van der Waals surface area contributed by atoms with Gasteiger partial charge in [-0.2, -0.15) is 5.26 Å². The van der Waals surface area contributed by atoms with E-state index in [0.717, 1.165) is 18.8 Å². The second kappa shape index (κ2) is 6.21. The minimum atomic E-state index is -0.332. The van der Waals surface area contributed by atoms with Crippen LogP contribution >= 0.6 is 0 Å². The maximum absolute atomic E-state index is 10.7. The smallest absolute Gasteiger partial charge is 0.0741 e. The molecule has 4 fully saturated rings. The highest BCUT2D eigenvalue weighted by Crippen LogP contribution is 2.68. The van der Waals surface area contributed by atoms with Crippen molar-refractivity contribution in [2.75, 3.05) is 7.11 Å². The van der Waals surface area contributed by atoms with E-state index < -0.39 is 0 Å². The average molecular weight is 357 g/mol. The van der Waals surface area contributed by atoms with E-state index in [2.05, 4.69) is 66.7 Å². The molecule has 6 rings (SSSR count). The van der Waals surface area contributed by atoms with E-state index >= 15 is 0 Å². The lowest BCUT2D eigenvalue weighted by molar-refractivity contribution is -0.191. The van der Waals surface area contributed by atoms with Crippen LogP contribution in [-0.2, 0) is 4.74 Å². The van der Waals surface area contributed by atoms with E-state index in [1.54, 1.807) is 0 Å². The van der Waals surface area contributed by atoms with E-state index in [9.17, 15) is 5.26 Å². The molecule has 0 saturated heterocycles.